The Morgan fingerprint density at radius 3 is 2.13 bits per heavy atom. The SMILES string of the molecule is C=[C]c1cc(C(C)C)cc(C(C)(C)C)c1. The largest absolute Gasteiger partial charge is 0.0906 e. The molecule has 0 N–H and O–H groups in total. The molecule has 1 radical (unpaired) electrons. The molecule has 0 heterocycles. The first kappa shape index (κ1) is 12.0. The van der Waals surface area contributed by atoms with Crippen molar-refractivity contribution in [1.29, 1.82) is 0 Å². The topological polar surface area (TPSA) is 0 Å². The van der Waals surface area contributed by atoms with E-state index in [0.29, 0.717) is 5.92 Å². The molecule has 0 aliphatic rings. The van der Waals surface area contributed by atoms with Crippen LogP contribution in [0.5, 0.6) is 0 Å². The molecule has 0 aromatic heterocycles. The Hall–Kier alpha value is -1.04. The highest BCUT2D eigenvalue weighted by Gasteiger charge is 2.15. The first-order chi connectivity index (χ1) is 6.84. The fraction of sp³-hybridized carbons (Fsp3) is 0.467. The van der Waals surface area contributed by atoms with Gasteiger partial charge in [0.05, 0.1) is 0 Å². The fourth-order valence-electron chi connectivity index (χ4n) is 1.52. The molecule has 0 atom stereocenters. The summed E-state index contributed by atoms with van der Waals surface area (Å²) in [5.41, 5.74) is 4.02. The van der Waals surface area contributed by atoms with Crippen LogP contribution >= 0.6 is 0 Å². The van der Waals surface area contributed by atoms with Gasteiger partial charge in [-0.1, -0.05) is 59.4 Å². The van der Waals surface area contributed by atoms with Gasteiger partial charge in [-0.2, -0.15) is 0 Å². The van der Waals surface area contributed by atoms with Crippen LogP contribution in [-0.4, -0.2) is 0 Å². The number of hydrogen-bond acceptors (Lipinski definition) is 0. The van der Waals surface area contributed by atoms with Gasteiger partial charge in [-0.25, -0.2) is 0 Å². The zero-order valence-electron chi connectivity index (χ0n) is 10.5. The van der Waals surface area contributed by atoms with Crippen LogP contribution in [0.1, 0.15) is 57.2 Å². The molecule has 0 fully saturated rings. The number of rotatable bonds is 2. The molecule has 81 valence electrons. The van der Waals surface area contributed by atoms with Crippen molar-refractivity contribution in [3.63, 3.8) is 0 Å². The van der Waals surface area contributed by atoms with Gasteiger partial charge in [0.1, 0.15) is 0 Å². The average molecular weight is 201 g/mol. The molecule has 0 spiro atoms. The number of hydrogen-bond donors (Lipinski definition) is 0. The summed E-state index contributed by atoms with van der Waals surface area (Å²) >= 11 is 0. The molecule has 1 aromatic rings. The second-order valence-corrected chi connectivity index (χ2v) is 5.43. The maximum Gasteiger partial charge on any atom is -0.0132 e. The predicted octanol–water partition coefficient (Wildman–Crippen LogP) is 4.44. The number of benzene rings is 1. The van der Waals surface area contributed by atoms with E-state index < -0.39 is 0 Å². The summed E-state index contributed by atoms with van der Waals surface area (Å²) < 4.78 is 0. The highest BCUT2D eigenvalue weighted by Crippen LogP contribution is 2.27. The second kappa shape index (κ2) is 4.22. The van der Waals surface area contributed by atoms with Crippen LogP contribution in [0.4, 0.5) is 0 Å². The maximum absolute atomic E-state index is 3.73. The third kappa shape index (κ3) is 2.95. The molecular weight excluding hydrogens is 180 g/mol. The minimum absolute atomic E-state index is 0.191. The molecular formula is C15H21. The van der Waals surface area contributed by atoms with E-state index in [-0.39, 0.29) is 5.41 Å². The summed E-state index contributed by atoms with van der Waals surface area (Å²) in [6.07, 6.45) is 2.98. The van der Waals surface area contributed by atoms with Crippen molar-refractivity contribution in [2.24, 2.45) is 0 Å². The lowest BCUT2D eigenvalue weighted by Gasteiger charge is -2.21. The Balaban J connectivity index is 3.29. The van der Waals surface area contributed by atoms with Crippen molar-refractivity contribution < 1.29 is 0 Å². The normalized spacial score (nSPS) is 11.9. The van der Waals surface area contributed by atoms with Gasteiger partial charge in [-0.05, 0) is 34.1 Å². The van der Waals surface area contributed by atoms with E-state index in [1.165, 1.54) is 11.1 Å². The molecule has 15 heavy (non-hydrogen) atoms. The van der Waals surface area contributed by atoms with E-state index >= 15 is 0 Å². The Bertz CT molecular complexity index is 351. The van der Waals surface area contributed by atoms with Crippen molar-refractivity contribution >= 4 is 0 Å². The van der Waals surface area contributed by atoms with E-state index in [1.54, 1.807) is 0 Å². The fourth-order valence-corrected chi connectivity index (χ4v) is 1.52. The van der Waals surface area contributed by atoms with Crippen LogP contribution in [-0.2, 0) is 5.41 Å². The van der Waals surface area contributed by atoms with Gasteiger partial charge in [0, 0.05) is 0 Å². The van der Waals surface area contributed by atoms with Crippen molar-refractivity contribution in [2.45, 2.75) is 46.0 Å². The summed E-state index contributed by atoms with van der Waals surface area (Å²) in [6.45, 7) is 14.9. The highest BCUT2D eigenvalue weighted by atomic mass is 14.2. The molecule has 0 saturated heterocycles. The maximum atomic E-state index is 3.73. The van der Waals surface area contributed by atoms with Crippen LogP contribution in [0, 0.1) is 6.08 Å². The van der Waals surface area contributed by atoms with E-state index in [0.717, 1.165) is 5.56 Å². The Morgan fingerprint density at radius 2 is 1.73 bits per heavy atom. The lowest BCUT2D eigenvalue weighted by molar-refractivity contribution is 0.588. The molecule has 0 nitrogen and oxygen atoms in total. The lowest BCUT2D eigenvalue weighted by Crippen LogP contribution is -2.12. The molecule has 0 aliphatic carbocycles. The van der Waals surface area contributed by atoms with Gasteiger partial charge in [-0.3, -0.25) is 0 Å². The summed E-state index contributed by atoms with van der Waals surface area (Å²) in [5.74, 6) is 0.555. The Morgan fingerprint density at radius 1 is 1.13 bits per heavy atom. The third-order valence-electron chi connectivity index (χ3n) is 2.69. The third-order valence-corrected chi connectivity index (χ3v) is 2.69. The molecule has 0 aliphatic heterocycles. The summed E-state index contributed by atoms with van der Waals surface area (Å²) in [4.78, 5) is 0. The zero-order chi connectivity index (χ0) is 11.6. The molecule has 1 rings (SSSR count). The van der Waals surface area contributed by atoms with Crippen LogP contribution in [0.2, 0.25) is 0 Å². The van der Waals surface area contributed by atoms with Gasteiger partial charge in [-0.15, -0.1) is 0 Å². The smallest absolute Gasteiger partial charge is 0.0132 e. The van der Waals surface area contributed by atoms with E-state index in [4.69, 9.17) is 0 Å². The quantitative estimate of drug-likeness (QED) is 0.663. The second-order valence-electron chi connectivity index (χ2n) is 5.43. The lowest BCUT2D eigenvalue weighted by atomic mass is 9.83. The molecule has 0 saturated carbocycles. The summed E-state index contributed by atoms with van der Waals surface area (Å²) in [6, 6.07) is 6.65. The first-order valence-electron chi connectivity index (χ1n) is 5.53. The van der Waals surface area contributed by atoms with E-state index in [9.17, 15) is 0 Å². The van der Waals surface area contributed by atoms with E-state index in [2.05, 4.69) is 65.5 Å². The minimum Gasteiger partial charge on any atom is -0.0906 e. The van der Waals surface area contributed by atoms with E-state index in [1.807, 2.05) is 0 Å². The van der Waals surface area contributed by atoms with Gasteiger partial charge in [0.15, 0.2) is 0 Å². The Labute approximate surface area is 94.0 Å². The highest BCUT2D eigenvalue weighted by molar-refractivity contribution is 5.37. The molecule has 0 bridgehead atoms. The summed E-state index contributed by atoms with van der Waals surface area (Å²) in [5, 5.41) is 0. The van der Waals surface area contributed by atoms with Gasteiger partial charge in [0.2, 0.25) is 0 Å². The zero-order valence-corrected chi connectivity index (χ0v) is 10.5. The van der Waals surface area contributed by atoms with Gasteiger partial charge in [0.25, 0.3) is 0 Å². The van der Waals surface area contributed by atoms with Gasteiger partial charge < -0.3 is 0 Å². The van der Waals surface area contributed by atoms with Crippen molar-refractivity contribution in [3.8, 4) is 0 Å². The van der Waals surface area contributed by atoms with Crippen LogP contribution in [0.3, 0.4) is 0 Å². The van der Waals surface area contributed by atoms with Crippen LogP contribution in [0.15, 0.2) is 24.8 Å². The molecule has 0 amide bonds. The first-order valence-corrected chi connectivity index (χ1v) is 5.53. The van der Waals surface area contributed by atoms with Crippen LogP contribution in [0.25, 0.3) is 0 Å². The monoisotopic (exact) mass is 201 g/mol. The van der Waals surface area contributed by atoms with Crippen LogP contribution < -0.4 is 0 Å². The molecule has 0 heteroatoms. The van der Waals surface area contributed by atoms with Crippen molar-refractivity contribution in [3.05, 3.63) is 47.5 Å². The molecule has 1 aromatic carbocycles. The predicted molar refractivity (Wildman–Crippen MR) is 67.2 cm³/mol. The average Bonchev–Trinajstić information content (AvgIpc) is 2.15. The Kier molecular flexibility index (Phi) is 3.38. The standard InChI is InChI=1S/C15H21/c1-7-12-8-13(11(2)3)10-14(9-12)15(4,5)6/h8-11H,1H2,2-6H3. The van der Waals surface area contributed by atoms with Crippen molar-refractivity contribution in [1.82, 2.24) is 0 Å². The summed E-state index contributed by atoms with van der Waals surface area (Å²) in [7, 11) is 0. The minimum atomic E-state index is 0.191. The van der Waals surface area contributed by atoms with Crippen molar-refractivity contribution in [2.75, 3.05) is 0 Å². The molecule has 0 unspecified atom stereocenters. The van der Waals surface area contributed by atoms with Gasteiger partial charge >= 0.3 is 0 Å².